The summed E-state index contributed by atoms with van der Waals surface area (Å²) in [5.74, 6) is -0.658. The summed E-state index contributed by atoms with van der Waals surface area (Å²) in [6.45, 7) is 0.0674. The Labute approximate surface area is 146 Å². The molecule has 0 radical (unpaired) electrons. The molecule has 5 heteroatoms. The molecule has 0 aliphatic carbocycles. The molecule has 2 aromatic rings. The van der Waals surface area contributed by atoms with Crippen LogP contribution in [0.5, 0.6) is 0 Å². The Hall–Kier alpha value is -2.77. The van der Waals surface area contributed by atoms with E-state index in [-0.39, 0.29) is 12.2 Å². The maximum atomic E-state index is 12.1. The van der Waals surface area contributed by atoms with Crippen molar-refractivity contribution in [3.8, 4) is 6.07 Å². The Kier molecular flexibility index (Phi) is 6.00. The number of carbonyl (C=O) groups is 1. The summed E-state index contributed by atoms with van der Waals surface area (Å²) in [7, 11) is 3.89. The summed E-state index contributed by atoms with van der Waals surface area (Å²) in [4.78, 5) is 14.0. The first kappa shape index (κ1) is 17.6. The number of benzene rings is 2. The maximum Gasteiger partial charge on any atom is 0.349 e. The van der Waals surface area contributed by atoms with Gasteiger partial charge in [0.1, 0.15) is 18.2 Å². The van der Waals surface area contributed by atoms with Gasteiger partial charge >= 0.3 is 5.97 Å². The predicted molar refractivity (Wildman–Crippen MR) is 95.6 cm³/mol. The fraction of sp³-hybridized carbons (Fsp3) is 0.158. The number of anilines is 1. The van der Waals surface area contributed by atoms with Crippen LogP contribution in [0.4, 0.5) is 5.69 Å². The van der Waals surface area contributed by atoms with Crippen molar-refractivity contribution in [3.05, 3.63) is 70.3 Å². The molecule has 0 fully saturated rings. The number of nitriles is 1. The van der Waals surface area contributed by atoms with Crippen LogP contribution in [-0.2, 0) is 16.1 Å². The van der Waals surface area contributed by atoms with Crippen LogP contribution >= 0.6 is 11.6 Å². The molecular weight excluding hydrogens is 324 g/mol. The van der Waals surface area contributed by atoms with Crippen molar-refractivity contribution in [2.75, 3.05) is 19.0 Å². The van der Waals surface area contributed by atoms with Gasteiger partial charge in [0.25, 0.3) is 0 Å². The molecule has 0 atom stereocenters. The molecule has 0 spiro atoms. The average Bonchev–Trinajstić information content (AvgIpc) is 2.58. The molecule has 0 heterocycles. The number of hydrogen-bond acceptors (Lipinski definition) is 4. The first-order valence-corrected chi connectivity index (χ1v) is 7.68. The first-order valence-electron chi connectivity index (χ1n) is 7.30. The van der Waals surface area contributed by atoms with E-state index in [0.717, 1.165) is 16.8 Å². The number of carbonyl (C=O) groups excluding carboxylic acids is 1. The van der Waals surface area contributed by atoms with Gasteiger partial charge in [-0.2, -0.15) is 5.26 Å². The number of rotatable bonds is 5. The molecule has 0 aliphatic rings. The van der Waals surface area contributed by atoms with Crippen molar-refractivity contribution < 1.29 is 9.53 Å². The SMILES string of the molecule is CN(C)c1ccc(/C=C(\C#N)C(=O)OCc2cccc(Cl)c2)cc1. The molecule has 0 N–H and O–H groups in total. The Balaban J connectivity index is 2.06. The third kappa shape index (κ3) is 4.87. The zero-order chi connectivity index (χ0) is 17.5. The number of hydrogen-bond donors (Lipinski definition) is 0. The van der Waals surface area contributed by atoms with Gasteiger partial charge in [-0.15, -0.1) is 0 Å². The third-order valence-electron chi connectivity index (χ3n) is 3.32. The Morgan fingerprint density at radius 1 is 1.25 bits per heavy atom. The number of halogens is 1. The highest BCUT2D eigenvalue weighted by Crippen LogP contribution is 2.16. The van der Waals surface area contributed by atoms with Crippen LogP contribution in [-0.4, -0.2) is 20.1 Å². The molecule has 4 nitrogen and oxygen atoms in total. The molecule has 2 aromatic carbocycles. The van der Waals surface area contributed by atoms with Crippen LogP contribution < -0.4 is 4.90 Å². The number of nitrogens with zero attached hydrogens (tertiary/aromatic N) is 2. The zero-order valence-electron chi connectivity index (χ0n) is 13.5. The summed E-state index contributed by atoms with van der Waals surface area (Å²) in [5.41, 5.74) is 2.52. The van der Waals surface area contributed by atoms with Gasteiger partial charge in [-0.3, -0.25) is 0 Å². The van der Waals surface area contributed by atoms with E-state index in [1.54, 1.807) is 24.3 Å². The molecule has 122 valence electrons. The van der Waals surface area contributed by atoms with Gasteiger partial charge in [0, 0.05) is 24.8 Å². The van der Waals surface area contributed by atoms with Gasteiger partial charge < -0.3 is 9.64 Å². The van der Waals surface area contributed by atoms with Crippen LogP contribution in [0.2, 0.25) is 5.02 Å². The maximum absolute atomic E-state index is 12.1. The topological polar surface area (TPSA) is 53.3 Å². The van der Waals surface area contributed by atoms with E-state index in [1.165, 1.54) is 6.08 Å². The smallest absolute Gasteiger partial charge is 0.349 e. The normalized spacial score (nSPS) is 10.8. The van der Waals surface area contributed by atoms with Gasteiger partial charge in [-0.25, -0.2) is 4.79 Å². The van der Waals surface area contributed by atoms with Crippen molar-refractivity contribution in [1.82, 2.24) is 0 Å². The third-order valence-corrected chi connectivity index (χ3v) is 3.55. The summed E-state index contributed by atoms with van der Waals surface area (Å²) in [6.07, 6.45) is 1.51. The molecule has 2 rings (SSSR count). The standard InChI is InChI=1S/C19H17ClN2O2/c1-22(2)18-8-6-14(7-9-18)10-16(12-21)19(23)24-13-15-4-3-5-17(20)11-15/h3-11H,13H2,1-2H3/b16-10+. The number of esters is 1. The van der Waals surface area contributed by atoms with Crippen LogP contribution in [0, 0.1) is 11.3 Å². The Bertz CT molecular complexity index is 790. The van der Waals surface area contributed by atoms with E-state index >= 15 is 0 Å². The van der Waals surface area contributed by atoms with Gasteiger partial charge in [0.05, 0.1) is 0 Å². The van der Waals surface area contributed by atoms with Crippen molar-refractivity contribution in [2.24, 2.45) is 0 Å². The lowest BCUT2D eigenvalue weighted by molar-refractivity contribution is -0.139. The van der Waals surface area contributed by atoms with Crippen LogP contribution in [0.25, 0.3) is 6.08 Å². The minimum atomic E-state index is -0.658. The summed E-state index contributed by atoms with van der Waals surface area (Å²) in [5, 5.41) is 9.76. The van der Waals surface area contributed by atoms with Gasteiger partial charge in [0.2, 0.25) is 0 Å². The van der Waals surface area contributed by atoms with Crippen molar-refractivity contribution in [2.45, 2.75) is 6.61 Å². The minimum absolute atomic E-state index is 0.0466. The second-order valence-electron chi connectivity index (χ2n) is 5.36. The van der Waals surface area contributed by atoms with Gasteiger partial charge in [-0.05, 0) is 41.5 Å². The molecule has 0 saturated carbocycles. The largest absolute Gasteiger partial charge is 0.457 e. The van der Waals surface area contributed by atoms with Crippen LogP contribution in [0.1, 0.15) is 11.1 Å². The van der Waals surface area contributed by atoms with E-state index < -0.39 is 5.97 Å². The fourth-order valence-electron chi connectivity index (χ4n) is 2.03. The van der Waals surface area contributed by atoms with E-state index in [1.807, 2.05) is 49.3 Å². The number of ether oxygens (including phenoxy) is 1. The van der Waals surface area contributed by atoms with E-state index in [0.29, 0.717) is 5.02 Å². The monoisotopic (exact) mass is 340 g/mol. The van der Waals surface area contributed by atoms with Crippen LogP contribution in [0.3, 0.4) is 0 Å². The Morgan fingerprint density at radius 2 is 1.96 bits per heavy atom. The zero-order valence-corrected chi connectivity index (χ0v) is 14.2. The molecule has 0 amide bonds. The second-order valence-corrected chi connectivity index (χ2v) is 5.80. The van der Waals surface area contributed by atoms with Crippen molar-refractivity contribution in [3.63, 3.8) is 0 Å². The lowest BCUT2D eigenvalue weighted by Crippen LogP contribution is -2.08. The van der Waals surface area contributed by atoms with E-state index in [4.69, 9.17) is 16.3 Å². The highest BCUT2D eigenvalue weighted by Gasteiger charge is 2.11. The molecule has 0 saturated heterocycles. The second kappa shape index (κ2) is 8.19. The predicted octanol–water partition coefficient (Wildman–Crippen LogP) is 4.06. The molecule has 0 bridgehead atoms. The first-order chi connectivity index (χ1) is 11.5. The summed E-state index contributed by atoms with van der Waals surface area (Å²) < 4.78 is 5.17. The lowest BCUT2D eigenvalue weighted by Gasteiger charge is -2.11. The molecule has 0 aliphatic heterocycles. The molecule has 0 aromatic heterocycles. The van der Waals surface area contributed by atoms with Gasteiger partial charge in [0.15, 0.2) is 0 Å². The van der Waals surface area contributed by atoms with E-state index in [2.05, 4.69) is 0 Å². The van der Waals surface area contributed by atoms with Crippen LogP contribution in [0.15, 0.2) is 54.1 Å². The molecule has 0 unspecified atom stereocenters. The molecule has 24 heavy (non-hydrogen) atoms. The summed E-state index contributed by atoms with van der Waals surface area (Å²) in [6, 6.07) is 16.4. The highest BCUT2D eigenvalue weighted by atomic mass is 35.5. The quantitative estimate of drug-likeness (QED) is 0.468. The average molecular weight is 341 g/mol. The van der Waals surface area contributed by atoms with Crippen molar-refractivity contribution in [1.29, 1.82) is 5.26 Å². The lowest BCUT2D eigenvalue weighted by atomic mass is 10.1. The van der Waals surface area contributed by atoms with Crippen molar-refractivity contribution >= 4 is 29.3 Å². The summed E-state index contributed by atoms with van der Waals surface area (Å²) >= 11 is 5.88. The Morgan fingerprint density at radius 3 is 2.54 bits per heavy atom. The molecular formula is C19H17ClN2O2. The van der Waals surface area contributed by atoms with E-state index in [9.17, 15) is 10.1 Å². The fourth-order valence-corrected chi connectivity index (χ4v) is 2.24. The van der Waals surface area contributed by atoms with Gasteiger partial charge in [-0.1, -0.05) is 35.9 Å². The minimum Gasteiger partial charge on any atom is -0.457 e. The highest BCUT2D eigenvalue weighted by molar-refractivity contribution is 6.30.